The Morgan fingerprint density at radius 3 is 2.59 bits per heavy atom. The van der Waals surface area contributed by atoms with Crippen molar-refractivity contribution in [1.82, 2.24) is 4.90 Å². The highest BCUT2D eigenvalue weighted by atomic mass is 19.4. The standard InChI is InChI=1S/C15H16F3NO3/c1-2-13(21)19-6-4-3-5-11(19)9-7-10(15(16,17)18)14(22)12(20)8-9/h2,7-8,11,20,22H,1,3-6H2. The second-order valence-electron chi connectivity index (χ2n) is 5.18. The first-order valence-corrected chi connectivity index (χ1v) is 6.81. The largest absolute Gasteiger partial charge is 0.504 e. The van der Waals surface area contributed by atoms with Gasteiger partial charge in [-0.2, -0.15) is 13.2 Å². The fourth-order valence-electron chi connectivity index (χ4n) is 2.71. The summed E-state index contributed by atoms with van der Waals surface area (Å²) in [6.45, 7) is 3.81. The molecule has 0 saturated carbocycles. The van der Waals surface area contributed by atoms with Gasteiger partial charge in [0, 0.05) is 6.54 Å². The summed E-state index contributed by atoms with van der Waals surface area (Å²) >= 11 is 0. The van der Waals surface area contributed by atoms with E-state index in [1.807, 2.05) is 0 Å². The van der Waals surface area contributed by atoms with Gasteiger partial charge in [-0.05, 0) is 43.0 Å². The molecule has 120 valence electrons. The number of hydrogen-bond donors (Lipinski definition) is 2. The van der Waals surface area contributed by atoms with Gasteiger partial charge in [0.1, 0.15) is 5.56 Å². The topological polar surface area (TPSA) is 60.8 Å². The Bertz CT molecular complexity index is 598. The van der Waals surface area contributed by atoms with Crippen molar-refractivity contribution in [2.45, 2.75) is 31.5 Å². The first-order valence-electron chi connectivity index (χ1n) is 6.81. The molecule has 1 heterocycles. The van der Waals surface area contributed by atoms with E-state index < -0.39 is 29.3 Å². The summed E-state index contributed by atoms with van der Waals surface area (Å²) in [6, 6.07) is 1.28. The van der Waals surface area contributed by atoms with E-state index in [1.54, 1.807) is 0 Å². The van der Waals surface area contributed by atoms with Gasteiger partial charge in [0.15, 0.2) is 11.5 Å². The van der Waals surface area contributed by atoms with Crippen molar-refractivity contribution in [3.63, 3.8) is 0 Å². The van der Waals surface area contributed by atoms with Crippen LogP contribution in [-0.4, -0.2) is 27.6 Å². The number of amides is 1. The fourth-order valence-corrected chi connectivity index (χ4v) is 2.71. The molecule has 7 heteroatoms. The van der Waals surface area contributed by atoms with Crippen molar-refractivity contribution in [2.24, 2.45) is 0 Å². The second kappa shape index (κ2) is 5.90. The van der Waals surface area contributed by atoms with Gasteiger partial charge < -0.3 is 15.1 Å². The minimum Gasteiger partial charge on any atom is -0.504 e. The molecule has 1 fully saturated rings. The zero-order valence-corrected chi connectivity index (χ0v) is 11.7. The molecule has 1 aliphatic rings. The van der Waals surface area contributed by atoms with E-state index in [4.69, 9.17) is 0 Å². The van der Waals surface area contributed by atoms with Crippen molar-refractivity contribution in [3.8, 4) is 11.5 Å². The van der Waals surface area contributed by atoms with Gasteiger partial charge in [-0.15, -0.1) is 0 Å². The molecule has 0 bridgehead atoms. The fraction of sp³-hybridized carbons (Fsp3) is 0.400. The number of halogens is 3. The molecule has 22 heavy (non-hydrogen) atoms. The van der Waals surface area contributed by atoms with E-state index in [0.717, 1.165) is 31.1 Å². The molecular weight excluding hydrogens is 299 g/mol. The van der Waals surface area contributed by atoms with E-state index >= 15 is 0 Å². The quantitative estimate of drug-likeness (QED) is 0.650. The van der Waals surface area contributed by atoms with Crippen LogP contribution in [0.3, 0.4) is 0 Å². The molecule has 2 N–H and O–H groups in total. The molecule has 1 aromatic rings. The molecule has 1 aromatic carbocycles. The number of piperidine rings is 1. The normalized spacial score (nSPS) is 19.0. The van der Waals surface area contributed by atoms with Crippen LogP contribution in [0.1, 0.15) is 36.4 Å². The summed E-state index contributed by atoms with van der Waals surface area (Å²) < 4.78 is 38.8. The van der Waals surface area contributed by atoms with Gasteiger partial charge in [-0.3, -0.25) is 4.79 Å². The van der Waals surface area contributed by atoms with Crippen LogP contribution in [0.4, 0.5) is 13.2 Å². The number of alkyl halides is 3. The van der Waals surface area contributed by atoms with Gasteiger partial charge in [-0.25, -0.2) is 0 Å². The lowest BCUT2D eigenvalue weighted by atomic mass is 9.93. The Balaban J connectivity index is 2.48. The van der Waals surface area contributed by atoms with E-state index in [9.17, 15) is 28.2 Å². The van der Waals surface area contributed by atoms with Crippen LogP contribution >= 0.6 is 0 Å². The molecule has 1 aliphatic heterocycles. The highest BCUT2D eigenvalue weighted by Gasteiger charge is 2.37. The maximum absolute atomic E-state index is 12.9. The van der Waals surface area contributed by atoms with Crippen LogP contribution in [-0.2, 0) is 11.0 Å². The van der Waals surface area contributed by atoms with Gasteiger partial charge in [0.2, 0.25) is 5.91 Å². The molecule has 1 saturated heterocycles. The summed E-state index contributed by atoms with van der Waals surface area (Å²) in [5.74, 6) is -2.42. The number of carbonyl (C=O) groups excluding carboxylic acids is 1. The molecule has 0 aliphatic carbocycles. The summed E-state index contributed by atoms with van der Waals surface area (Å²) in [6.07, 6.45) is -1.68. The number of aromatic hydroxyl groups is 2. The van der Waals surface area contributed by atoms with E-state index in [1.165, 1.54) is 4.90 Å². The smallest absolute Gasteiger partial charge is 0.420 e. The lowest BCUT2D eigenvalue weighted by molar-refractivity contribution is -0.139. The number of carbonyl (C=O) groups is 1. The third-order valence-electron chi connectivity index (χ3n) is 3.76. The predicted molar refractivity (Wildman–Crippen MR) is 73.3 cm³/mol. The Labute approximate surface area is 125 Å². The monoisotopic (exact) mass is 315 g/mol. The maximum Gasteiger partial charge on any atom is 0.420 e. The minimum atomic E-state index is -4.79. The van der Waals surface area contributed by atoms with Crippen LogP contribution < -0.4 is 0 Å². The summed E-state index contributed by atoms with van der Waals surface area (Å²) in [7, 11) is 0. The SMILES string of the molecule is C=CC(=O)N1CCCCC1c1cc(O)c(O)c(C(F)(F)F)c1. The van der Waals surface area contributed by atoms with E-state index in [0.29, 0.717) is 13.0 Å². The molecule has 2 rings (SSSR count). The Morgan fingerprint density at radius 1 is 1.32 bits per heavy atom. The third kappa shape index (κ3) is 3.03. The number of benzene rings is 1. The van der Waals surface area contributed by atoms with Crippen LogP contribution in [0, 0.1) is 0 Å². The Kier molecular flexibility index (Phi) is 4.35. The van der Waals surface area contributed by atoms with Crippen molar-refractivity contribution in [2.75, 3.05) is 6.54 Å². The summed E-state index contributed by atoms with van der Waals surface area (Å²) in [5, 5.41) is 19.0. The molecule has 4 nitrogen and oxygen atoms in total. The van der Waals surface area contributed by atoms with Crippen molar-refractivity contribution in [1.29, 1.82) is 0 Å². The van der Waals surface area contributed by atoms with Crippen LogP contribution in [0.2, 0.25) is 0 Å². The highest BCUT2D eigenvalue weighted by Crippen LogP contribution is 2.44. The minimum absolute atomic E-state index is 0.150. The van der Waals surface area contributed by atoms with Crippen LogP contribution in [0.25, 0.3) is 0 Å². The van der Waals surface area contributed by atoms with Crippen molar-refractivity contribution < 1.29 is 28.2 Å². The van der Waals surface area contributed by atoms with Gasteiger partial charge in [-0.1, -0.05) is 6.58 Å². The van der Waals surface area contributed by atoms with E-state index in [2.05, 4.69) is 6.58 Å². The molecule has 0 aromatic heterocycles. The first kappa shape index (κ1) is 16.2. The number of hydrogen-bond acceptors (Lipinski definition) is 3. The van der Waals surface area contributed by atoms with Crippen molar-refractivity contribution in [3.05, 3.63) is 35.9 Å². The molecule has 1 unspecified atom stereocenters. The number of likely N-dealkylation sites (tertiary alicyclic amines) is 1. The predicted octanol–water partition coefficient (Wildman–Crippen LogP) is 3.36. The maximum atomic E-state index is 12.9. The molecule has 1 atom stereocenters. The number of phenolic OH excluding ortho intramolecular Hbond substituents is 2. The van der Waals surface area contributed by atoms with Gasteiger partial charge in [0.05, 0.1) is 6.04 Å². The van der Waals surface area contributed by atoms with Gasteiger partial charge in [0.25, 0.3) is 0 Å². The zero-order valence-electron chi connectivity index (χ0n) is 11.7. The lowest BCUT2D eigenvalue weighted by Gasteiger charge is -2.35. The number of rotatable bonds is 2. The lowest BCUT2D eigenvalue weighted by Crippen LogP contribution is -2.37. The van der Waals surface area contributed by atoms with Gasteiger partial charge >= 0.3 is 6.18 Å². The molecule has 0 spiro atoms. The highest BCUT2D eigenvalue weighted by molar-refractivity contribution is 5.87. The van der Waals surface area contributed by atoms with E-state index in [-0.39, 0.29) is 11.5 Å². The zero-order chi connectivity index (χ0) is 16.5. The van der Waals surface area contributed by atoms with Crippen molar-refractivity contribution >= 4 is 5.91 Å². The molecule has 0 radical (unpaired) electrons. The van der Waals surface area contributed by atoms with Crippen LogP contribution in [0.5, 0.6) is 11.5 Å². The number of phenols is 2. The van der Waals surface area contributed by atoms with Crippen LogP contribution in [0.15, 0.2) is 24.8 Å². The Morgan fingerprint density at radius 2 is 2.00 bits per heavy atom. The second-order valence-corrected chi connectivity index (χ2v) is 5.18. The summed E-state index contributed by atoms with van der Waals surface area (Å²) in [5.41, 5.74) is -1.16. The average Bonchev–Trinajstić information content (AvgIpc) is 2.48. The third-order valence-corrected chi connectivity index (χ3v) is 3.76. The number of nitrogens with zero attached hydrogens (tertiary/aromatic N) is 1. The average molecular weight is 315 g/mol. The Hall–Kier alpha value is -2.18. The molecular formula is C15H16F3NO3. The molecule has 1 amide bonds. The summed E-state index contributed by atoms with van der Waals surface area (Å²) in [4.78, 5) is 13.3. The first-order chi connectivity index (χ1) is 10.3.